The number of amides is 1. The van der Waals surface area contributed by atoms with Gasteiger partial charge in [0.25, 0.3) is 0 Å². The van der Waals surface area contributed by atoms with Gasteiger partial charge < -0.3 is 10.1 Å². The van der Waals surface area contributed by atoms with Crippen molar-refractivity contribution in [2.45, 2.75) is 12.5 Å². The Labute approximate surface area is 76.2 Å². The number of nitrogens with zero attached hydrogens (tertiary/aromatic N) is 1. The van der Waals surface area contributed by atoms with Crippen molar-refractivity contribution in [1.82, 2.24) is 5.32 Å². The second kappa shape index (κ2) is 2.77. The molecule has 3 atom stereocenters. The van der Waals surface area contributed by atoms with E-state index in [1.807, 2.05) is 0 Å². The number of hydrogen-bond donors (Lipinski definition) is 1. The molecule has 1 heterocycles. The number of nitrogens with one attached hydrogen (secondary N) is 1. The van der Waals surface area contributed by atoms with Crippen LogP contribution in [0, 0.1) is 23.2 Å². The molecule has 13 heavy (non-hydrogen) atoms. The molecular formula is C9H10N2O2. The lowest BCUT2D eigenvalue weighted by Crippen LogP contribution is -2.55. The topological polar surface area (TPSA) is 62.1 Å². The zero-order chi connectivity index (χ0) is 9.42. The van der Waals surface area contributed by atoms with Crippen molar-refractivity contribution in [2.24, 2.45) is 11.8 Å². The van der Waals surface area contributed by atoms with E-state index in [-0.39, 0.29) is 23.8 Å². The number of nitriles is 1. The Kier molecular flexibility index (Phi) is 1.73. The Bertz CT molecular complexity index is 316. The van der Waals surface area contributed by atoms with E-state index in [2.05, 4.69) is 11.4 Å². The number of methoxy groups -OCH3 is 1. The van der Waals surface area contributed by atoms with E-state index in [9.17, 15) is 4.79 Å². The zero-order valence-electron chi connectivity index (χ0n) is 7.28. The van der Waals surface area contributed by atoms with Gasteiger partial charge in [0.15, 0.2) is 0 Å². The Hall–Kier alpha value is -1.50. The third-order valence-corrected chi connectivity index (χ3v) is 2.71. The van der Waals surface area contributed by atoms with Crippen LogP contribution in [0.2, 0.25) is 0 Å². The number of hydrogen-bond acceptors (Lipinski definition) is 3. The molecule has 2 rings (SSSR count). The van der Waals surface area contributed by atoms with Gasteiger partial charge in [0, 0.05) is 12.1 Å². The lowest BCUT2D eigenvalue weighted by atomic mass is 9.67. The van der Waals surface area contributed by atoms with Gasteiger partial charge in [0.2, 0.25) is 5.91 Å². The highest BCUT2D eigenvalue weighted by Crippen LogP contribution is 2.41. The summed E-state index contributed by atoms with van der Waals surface area (Å²) >= 11 is 0. The molecule has 2 aliphatic rings. The van der Waals surface area contributed by atoms with Gasteiger partial charge in [-0.05, 0) is 6.42 Å². The molecule has 0 unspecified atom stereocenters. The molecule has 1 aliphatic carbocycles. The minimum atomic E-state index is -0.116. The summed E-state index contributed by atoms with van der Waals surface area (Å²) in [7, 11) is 1.54. The molecule has 0 saturated heterocycles. The third-order valence-electron chi connectivity index (χ3n) is 2.71. The monoisotopic (exact) mass is 178 g/mol. The van der Waals surface area contributed by atoms with E-state index in [0.29, 0.717) is 5.76 Å². The zero-order valence-corrected chi connectivity index (χ0v) is 7.28. The van der Waals surface area contributed by atoms with Crippen molar-refractivity contribution in [3.63, 3.8) is 0 Å². The summed E-state index contributed by atoms with van der Waals surface area (Å²) in [5, 5.41) is 11.6. The van der Waals surface area contributed by atoms with Crippen molar-refractivity contribution < 1.29 is 9.53 Å². The van der Waals surface area contributed by atoms with Crippen LogP contribution >= 0.6 is 0 Å². The van der Waals surface area contributed by atoms with Crippen molar-refractivity contribution in [2.75, 3.05) is 7.11 Å². The normalized spacial score (nSPS) is 36.2. The molecule has 4 heteroatoms. The first-order valence-corrected chi connectivity index (χ1v) is 4.22. The fourth-order valence-corrected chi connectivity index (χ4v) is 1.97. The van der Waals surface area contributed by atoms with Crippen molar-refractivity contribution in [1.29, 1.82) is 5.26 Å². The largest absolute Gasteiger partial charge is 0.500 e. The van der Waals surface area contributed by atoms with E-state index in [1.54, 1.807) is 0 Å². The van der Waals surface area contributed by atoms with Crippen molar-refractivity contribution >= 4 is 5.91 Å². The fraction of sp³-hybridized carbons (Fsp3) is 0.556. The van der Waals surface area contributed by atoms with Crippen LogP contribution in [-0.4, -0.2) is 19.1 Å². The number of ether oxygens (including phenoxy) is 1. The lowest BCUT2D eigenvalue weighted by molar-refractivity contribution is -0.120. The summed E-state index contributed by atoms with van der Waals surface area (Å²) in [5.41, 5.74) is 0. The van der Waals surface area contributed by atoms with E-state index < -0.39 is 0 Å². The molecule has 4 nitrogen and oxygen atoms in total. The second-order valence-electron chi connectivity index (χ2n) is 3.36. The standard InChI is InChI=1S/C9H10N2O2/c1-13-7-3-8(12)11-6-2-5(4-10)9(6)7/h3,5-6,9H,2H2,1H3,(H,11,12)/t5-,6-,9+/m0/s1. The molecule has 1 N–H and O–H groups in total. The molecule has 1 aliphatic heterocycles. The SMILES string of the molecule is COC1=CC(=O)N[C@H]2C[C@@H](C#N)[C@@H]12. The van der Waals surface area contributed by atoms with Gasteiger partial charge in [-0.1, -0.05) is 0 Å². The third kappa shape index (κ3) is 1.08. The van der Waals surface area contributed by atoms with Crippen LogP contribution in [0.5, 0.6) is 0 Å². The Morgan fingerprint density at radius 1 is 1.77 bits per heavy atom. The molecule has 0 aromatic rings. The molecule has 0 bridgehead atoms. The first-order valence-electron chi connectivity index (χ1n) is 4.22. The maximum Gasteiger partial charge on any atom is 0.247 e. The van der Waals surface area contributed by atoms with Crippen LogP contribution in [0.15, 0.2) is 11.8 Å². The van der Waals surface area contributed by atoms with E-state index >= 15 is 0 Å². The molecule has 1 amide bonds. The molecule has 0 spiro atoms. The van der Waals surface area contributed by atoms with Crippen LogP contribution in [0.1, 0.15) is 6.42 Å². The Balaban J connectivity index is 2.23. The molecule has 0 aromatic carbocycles. The van der Waals surface area contributed by atoms with Gasteiger partial charge in [0.05, 0.1) is 25.0 Å². The van der Waals surface area contributed by atoms with Gasteiger partial charge in [-0.2, -0.15) is 5.26 Å². The van der Waals surface area contributed by atoms with Crippen LogP contribution in [0.25, 0.3) is 0 Å². The predicted molar refractivity (Wildman–Crippen MR) is 44.2 cm³/mol. The van der Waals surface area contributed by atoms with Gasteiger partial charge in [-0.3, -0.25) is 4.79 Å². The highest BCUT2D eigenvalue weighted by atomic mass is 16.5. The number of carbonyl (C=O) groups excluding carboxylic acids is 1. The maximum absolute atomic E-state index is 11.1. The summed E-state index contributed by atoms with van der Waals surface area (Å²) in [6, 6.07) is 2.32. The Morgan fingerprint density at radius 2 is 2.54 bits per heavy atom. The molecule has 68 valence electrons. The molecule has 1 fully saturated rings. The van der Waals surface area contributed by atoms with Crippen molar-refractivity contribution in [3.8, 4) is 6.07 Å². The number of fused-ring (bicyclic) bond motifs is 1. The van der Waals surface area contributed by atoms with Gasteiger partial charge in [-0.15, -0.1) is 0 Å². The van der Waals surface area contributed by atoms with Crippen LogP contribution in [0.4, 0.5) is 0 Å². The molecule has 0 radical (unpaired) electrons. The van der Waals surface area contributed by atoms with Gasteiger partial charge >= 0.3 is 0 Å². The summed E-state index contributed by atoms with van der Waals surface area (Å²) in [6.07, 6.45) is 2.18. The quantitative estimate of drug-likeness (QED) is 0.622. The average Bonchev–Trinajstić information content (AvgIpc) is 2.09. The lowest BCUT2D eigenvalue weighted by Gasteiger charge is -2.43. The van der Waals surface area contributed by atoms with Crippen LogP contribution < -0.4 is 5.32 Å². The Morgan fingerprint density at radius 3 is 3.15 bits per heavy atom. The fourth-order valence-electron chi connectivity index (χ4n) is 1.97. The molecule has 1 saturated carbocycles. The van der Waals surface area contributed by atoms with Crippen LogP contribution in [-0.2, 0) is 9.53 Å². The van der Waals surface area contributed by atoms with E-state index in [4.69, 9.17) is 10.00 Å². The van der Waals surface area contributed by atoms with E-state index in [0.717, 1.165) is 6.42 Å². The van der Waals surface area contributed by atoms with Crippen molar-refractivity contribution in [3.05, 3.63) is 11.8 Å². The first kappa shape index (κ1) is 8.11. The smallest absolute Gasteiger partial charge is 0.247 e. The minimum absolute atomic E-state index is 0.00296. The minimum Gasteiger partial charge on any atom is -0.500 e. The molecular weight excluding hydrogens is 168 g/mol. The predicted octanol–water partition coefficient (Wildman–Crippen LogP) is 0.175. The van der Waals surface area contributed by atoms with Crippen LogP contribution in [0.3, 0.4) is 0 Å². The first-order chi connectivity index (χ1) is 6.26. The second-order valence-corrected chi connectivity index (χ2v) is 3.36. The number of carbonyl (C=O) groups is 1. The van der Waals surface area contributed by atoms with Gasteiger partial charge in [-0.25, -0.2) is 0 Å². The maximum atomic E-state index is 11.1. The summed E-state index contributed by atoms with van der Waals surface area (Å²) < 4.78 is 5.08. The average molecular weight is 178 g/mol. The summed E-state index contributed by atoms with van der Waals surface area (Å²) in [6.45, 7) is 0. The van der Waals surface area contributed by atoms with Gasteiger partial charge in [0.1, 0.15) is 5.76 Å². The molecule has 0 aromatic heterocycles. The highest BCUT2D eigenvalue weighted by molar-refractivity contribution is 5.89. The van der Waals surface area contributed by atoms with E-state index in [1.165, 1.54) is 13.2 Å². The summed E-state index contributed by atoms with van der Waals surface area (Å²) in [4.78, 5) is 11.1. The highest BCUT2D eigenvalue weighted by Gasteiger charge is 2.47. The number of rotatable bonds is 1. The summed E-state index contributed by atoms with van der Waals surface area (Å²) in [5.74, 6) is 0.602.